The summed E-state index contributed by atoms with van der Waals surface area (Å²) in [5, 5.41) is 0. The summed E-state index contributed by atoms with van der Waals surface area (Å²) >= 11 is 0. The number of hydrogen-bond acceptors (Lipinski definition) is 1. The number of carbonyl (C=O) groups excluding carboxylic acids is 1. The maximum Gasteiger partial charge on any atom is 0.120 e. The number of hydrogen-bond donors (Lipinski definition) is 0. The smallest absolute Gasteiger partial charge is 0.120 e. The van der Waals surface area contributed by atoms with Crippen molar-refractivity contribution in [2.45, 2.75) is 19.8 Å². The van der Waals surface area contributed by atoms with E-state index in [0.717, 1.165) is 6.29 Å². The number of carbonyl (C=O) groups is 1. The molecule has 1 aliphatic carbocycles. The number of allylic oxidation sites excluding steroid dienone is 2. The molecule has 9 heavy (non-hydrogen) atoms. The van der Waals surface area contributed by atoms with Crippen molar-refractivity contribution in [2.75, 3.05) is 0 Å². The van der Waals surface area contributed by atoms with Crippen LogP contribution in [-0.4, -0.2) is 6.29 Å². The van der Waals surface area contributed by atoms with E-state index >= 15 is 0 Å². The Bertz CT molecular complexity index is 127. The molecule has 2 atom stereocenters. The lowest BCUT2D eigenvalue weighted by Gasteiger charge is -2.01. The van der Waals surface area contributed by atoms with Crippen LogP contribution < -0.4 is 0 Å². The summed E-state index contributed by atoms with van der Waals surface area (Å²) in [6, 6.07) is 0. The zero-order valence-corrected chi connectivity index (χ0v) is 5.71. The quantitative estimate of drug-likeness (QED) is 0.405. The summed E-state index contributed by atoms with van der Waals surface area (Å²) in [5.41, 5.74) is 0. The minimum Gasteiger partial charge on any atom is -0.303 e. The Labute approximate surface area is 55.8 Å². The predicted molar refractivity (Wildman–Crippen MR) is 37.1 cm³/mol. The van der Waals surface area contributed by atoms with Gasteiger partial charge in [-0.15, -0.1) is 0 Å². The first-order valence-electron chi connectivity index (χ1n) is 3.45. The Morgan fingerprint density at radius 1 is 1.67 bits per heavy atom. The molecule has 0 aromatic rings. The average Bonchev–Trinajstić information content (AvgIpc) is 2.17. The second-order valence-corrected chi connectivity index (χ2v) is 2.76. The number of rotatable bonds is 2. The molecule has 1 rings (SSSR count). The van der Waals surface area contributed by atoms with Crippen molar-refractivity contribution in [2.24, 2.45) is 11.8 Å². The van der Waals surface area contributed by atoms with Gasteiger partial charge in [0.1, 0.15) is 6.29 Å². The summed E-state index contributed by atoms with van der Waals surface area (Å²) in [5.74, 6) is 1.23. The van der Waals surface area contributed by atoms with Gasteiger partial charge in [0.25, 0.3) is 0 Å². The molecule has 0 radical (unpaired) electrons. The van der Waals surface area contributed by atoms with Crippen LogP contribution >= 0.6 is 0 Å². The van der Waals surface area contributed by atoms with E-state index in [1.54, 1.807) is 0 Å². The number of aldehydes is 1. The molecule has 0 heterocycles. The van der Waals surface area contributed by atoms with Gasteiger partial charge in [-0.05, 0) is 18.3 Å². The van der Waals surface area contributed by atoms with Crippen LogP contribution in [0.5, 0.6) is 0 Å². The van der Waals surface area contributed by atoms with Crippen molar-refractivity contribution in [3.8, 4) is 0 Å². The highest BCUT2D eigenvalue weighted by atomic mass is 16.1. The van der Waals surface area contributed by atoms with Crippen LogP contribution in [-0.2, 0) is 4.79 Å². The minimum atomic E-state index is 0.539. The van der Waals surface area contributed by atoms with Crippen LogP contribution in [0, 0.1) is 11.8 Å². The van der Waals surface area contributed by atoms with Crippen molar-refractivity contribution >= 4 is 6.29 Å². The largest absolute Gasteiger partial charge is 0.303 e. The van der Waals surface area contributed by atoms with Crippen LogP contribution in [0.15, 0.2) is 12.2 Å². The summed E-state index contributed by atoms with van der Waals surface area (Å²) < 4.78 is 0. The highest BCUT2D eigenvalue weighted by Gasteiger charge is 2.13. The third-order valence-corrected chi connectivity index (χ3v) is 1.79. The van der Waals surface area contributed by atoms with E-state index in [1.165, 1.54) is 6.42 Å². The van der Waals surface area contributed by atoms with Crippen LogP contribution in [0.4, 0.5) is 0 Å². The normalized spacial score (nSPS) is 33.0. The van der Waals surface area contributed by atoms with Gasteiger partial charge in [0.05, 0.1) is 0 Å². The minimum absolute atomic E-state index is 0.539. The molecule has 0 fully saturated rings. The SMILES string of the molecule is C[C@H]1C=C[C@H](CC=O)C1. The molecular formula is C8H12O. The van der Waals surface area contributed by atoms with Gasteiger partial charge in [0, 0.05) is 6.42 Å². The van der Waals surface area contributed by atoms with E-state index in [0.29, 0.717) is 18.3 Å². The molecule has 0 saturated heterocycles. The second kappa shape index (κ2) is 2.81. The molecule has 1 nitrogen and oxygen atoms in total. The maximum atomic E-state index is 10.0. The molecule has 0 spiro atoms. The van der Waals surface area contributed by atoms with E-state index in [4.69, 9.17) is 0 Å². The first kappa shape index (κ1) is 6.53. The predicted octanol–water partition coefficient (Wildman–Crippen LogP) is 1.79. The van der Waals surface area contributed by atoms with Crippen molar-refractivity contribution in [1.29, 1.82) is 0 Å². The Morgan fingerprint density at radius 3 is 2.89 bits per heavy atom. The van der Waals surface area contributed by atoms with Gasteiger partial charge in [0.15, 0.2) is 0 Å². The molecule has 0 amide bonds. The van der Waals surface area contributed by atoms with E-state index in [-0.39, 0.29) is 0 Å². The van der Waals surface area contributed by atoms with Crippen LogP contribution in [0.1, 0.15) is 19.8 Å². The Morgan fingerprint density at radius 2 is 2.44 bits per heavy atom. The first-order valence-corrected chi connectivity index (χ1v) is 3.45. The van der Waals surface area contributed by atoms with Crippen molar-refractivity contribution in [3.05, 3.63) is 12.2 Å². The van der Waals surface area contributed by atoms with Crippen LogP contribution in [0.3, 0.4) is 0 Å². The van der Waals surface area contributed by atoms with Gasteiger partial charge in [-0.1, -0.05) is 19.1 Å². The third kappa shape index (κ3) is 1.67. The zero-order valence-electron chi connectivity index (χ0n) is 5.71. The van der Waals surface area contributed by atoms with Crippen LogP contribution in [0.2, 0.25) is 0 Å². The fourth-order valence-electron chi connectivity index (χ4n) is 1.28. The molecule has 1 aliphatic rings. The van der Waals surface area contributed by atoms with Crippen molar-refractivity contribution in [1.82, 2.24) is 0 Å². The van der Waals surface area contributed by atoms with Gasteiger partial charge >= 0.3 is 0 Å². The molecular weight excluding hydrogens is 112 g/mol. The Balaban J connectivity index is 2.31. The Hall–Kier alpha value is -0.590. The molecule has 50 valence electrons. The molecule has 0 aromatic heterocycles. The van der Waals surface area contributed by atoms with E-state index in [2.05, 4.69) is 19.1 Å². The summed E-state index contributed by atoms with van der Waals surface area (Å²) in [6.45, 7) is 2.18. The summed E-state index contributed by atoms with van der Waals surface area (Å²) in [6.07, 6.45) is 7.22. The standard InChI is InChI=1S/C8H12O/c1-7-2-3-8(6-7)4-5-9/h2-3,5,7-8H,4,6H2,1H3/t7-,8+/m0/s1. The van der Waals surface area contributed by atoms with Gasteiger partial charge in [-0.2, -0.15) is 0 Å². The summed E-state index contributed by atoms with van der Waals surface area (Å²) in [4.78, 5) is 10.0. The highest BCUT2D eigenvalue weighted by molar-refractivity contribution is 5.50. The van der Waals surface area contributed by atoms with Gasteiger partial charge < -0.3 is 4.79 Å². The molecule has 0 unspecified atom stereocenters. The molecule has 0 aliphatic heterocycles. The monoisotopic (exact) mass is 124 g/mol. The van der Waals surface area contributed by atoms with Crippen molar-refractivity contribution < 1.29 is 4.79 Å². The van der Waals surface area contributed by atoms with Gasteiger partial charge in [-0.25, -0.2) is 0 Å². The highest BCUT2D eigenvalue weighted by Crippen LogP contribution is 2.24. The molecule has 0 aromatic carbocycles. The van der Waals surface area contributed by atoms with E-state index in [1.807, 2.05) is 0 Å². The lowest BCUT2D eigenvalue weighted by Crippen LogP contribution is -1.94. The lowest BCUT2D eigenvalue weighted by atomic mass is 10.0. The maximum absolute atomic E-state index is 10.0. The third-order valence-electron chi connectivity index (χ3n) is 1.79. The zero-order chi connectivity index (χ0) is 6.69. The summed E-state index contributed by atoms with van der Waals surface area (Å²) in [7, 11) is 0. The topological polar surface area (TPSA) is 17.1 Å². The second-order valence-electron chi connectivity index (χ2n) is 2.76. The molecule has 0 N–H and O–H groups in total. The lowest BCUT2D eigenvalue weighted by molar-refractivity contribution is -0.108. The molecule has 0 saturated carbocycles. The van der Waals surface area contributed by atoms with E-state index in [9.17, 15) is 4.79 Å². The van der Waals surface area contributed by atoms with E-state index < -0.39 is 0 Å². The first-order chi connectivity index (χ1) is 4.33. The Kier molecular flexibility index (Phi) is 2.04. The van der Waals surface area contributed by atoms with Gasteiger partial charge in [-0.3, -0.25) is 0 Å². The van der Waals surface area contributed by atoms with Gasteiger partial charge in [0.2, 0.25) is 0 Å². The fraction of sp³-hybridized carbons (Fsp3) is 0.625. The van der Waals surface area contributed by atoms with Crippen LogP contribution in [0.25, 0.3) is 0 Å². The average molecular weight is 124 g/mol. The molecule has 1 heteroatoms. The fourth-order valence-corrected chi connectivity index (χ4v) is 1.28. The van der Waals surface area contributed by atoms with Crippen molar-refractivity contribution in [3.63, 3.8) is 0 Å². The molecule has 0 bridgehead atoms.